The van der Waals surface area contributed by atoms with Gasteiger partial charge in [-0.25, -0.2) is 9.97 Å². The van der Waals surface area contributed by atoms with Crippen LogP contribution in [-0.2, 0) is 11.3 Å². The van der Waals surface area contributed by atoms with Crippen molar-refractivity contribution < 1.29 is 9.21 Å². The van der Waals surface area contributed by atoms with Crippen molar-refractivity contribution >= 4 is 32.7 Å². The summed E-state index contributed by atoms with van der Waals surface area (Å²) in [5.74, 6) is 1.29. The van der Waals surface area contributed by atoms with Gasteiger partial charge in [0.15, 0.2) is 10.8 Å². The molecular formula is C25H26N6O3S. The van der Waals surface area contributed by atoms with E-state index in [1.165, 1.54) is 17.7 Å². The molecule has 1 amide bonds. The lowest BCUT2D eigenvalue weighted by Gasteiger charge is -2.31. The Labute approximate surface area is 205 Å². The minimum absolute atomic E-state index is 0.0464. The predicted molar refractivity (Wildman–Crippen MR) is 134 cm³/mol. The zero-order valence-electron chi connectivity index (χ0n) is 19.4. The van der Waals surface area contributed by atoms with E-state index in [1.54, 1.807) is 4.57 Å². The summed E-state index contributed by atoms with van der Waals surface area (Å²) in [5.41, 5.74) is 1.87. The summed E-state index contributed by atoms with van der Waals surface area (Å²) in [6.07, 6.45) is 5.49. The second kappa shape index (κ2) is 8.92. The van der Waals surface area contributed by atoms with E-state index in [0.717, 1.165) is 42.9 Å². The highest BCUT2D eigenvalue weighted by Gasteiger charge is 2.31. The van der Waals surface area contributed by atoms with Crippen LogP contribution in [0.3, 0.4) is 0 Å². The first kappa shape index (κ1) is 22.0. The van der Waals surface area contributed by atoms with Gasteiger partial charge in [0.1, 0.15) is 22.5 Å². The van der Waals surface area contributed by atoms with Crippen LogP contribution in [0, 0.1) is 12.8 Å². The Morgan fingerprint density at radius 2 is 2.03 bits per heavy atom. The van der Waals surface area contributed by atoms with Gasteiger partial charge in [-0.05, 0) is 44.7 Å². The van der Waals surface area contributed by atoms with Crippen molar-refractivity contribution in [3.05, 3.63) is 58.5 Å². The number of oxazole rings is 1. The van der Waals surface area contributed by atoms with Gasteiger partial charge < -0.3 is 14.6 Å². The molecule has 3 aromatic heterocycles. The van der Waals surface area contributed by atoms with Crippen molar-refractivity contribution in [2.45, 2.75) is 45.2 Å². The Bertz CT molecular complexity index is 1440. The number of carbonyl (C=O) groups excluding carboxylic acids is 1. The number of fused-ring (bicyclic) bond motifs is 1. The van der Waals surface area contributed by atoms with Gasteiger partial charge in [-0.2, -0.15) is 4.98 Å². The monoisotopic (exact) mass is 490 g/mol. The van der Waals surface area contributed by atoms with Gasteiger partial charge in [0.2, 0.25) is 11.8 Å². The molecule has 1 N–H and O–H groups in total. The zero-order chi connectivity index (χ0) is 23.9. The van der Waals surface area contributed by atoms with E-state index in [0.29, 0.717) is 40.3 Å². The minimum Gasteiger partial charge on any atom is -0.441 e. The number of hydrogen-bond donors (Lipinski definition) is 1. The summed E-state index contributed by atoms with van der Waals surface area (Å²) in [7, 11) is 0. The van der Waals surface area contributed by atoms with E-state index in [4.69, 9.17) is 4.42 Å². The van der Waals surface area contributed by atoms with E-state index < -0.39 is 0 Å². The Hall–Kier alpha value is -3.53. The van der Waals surface area contributed by atoms with Gasteiger partial charge in [0, 0.05) is 24.7 Å². The second-order valence-corrected chi connectivity index (χ2v) is 10.3. The lowest BCUT2D eigenvalue weighted by molar-refractivity contribution is -0.125. The molecule has 1 aliphatic carbocycles. The molecule has 1 saturated carbocycles. The van der Waals surface area contributed by atoms with E-state index in [2.05, 4.69) is 25.2 Å². The molecule has 0 radical (unpaired) electrons. The van der Waals surface area contributed by atoms with Gasteiger partial charge in [0.05, 0.1) is 12.5 Å². The number of carbonyl (C=O) groups is 1. The summed E-state index contributed by atoms with van der Waals surface area (Å²) in [5, 5.41) is 3.86. The Morgan fingerprint density at radius 1 is 1.20 bits per heavy atom. The SMILES string of the molecule is Cc1oc(-c2ccccc2)nc1Cn1cnc2nc(N3CCCC(C(=O)NC4CC4)C3)sc2c1=O. The quantitative estimate of drug-likeness (QED) is 0.442. The Kier molecular flexibility index (Phi) is 5.60. The Morgan fingerprint density at radius 3 is 2.83 bits per heavy atom. The number of aromatic nitrogens is 4. The highest BCUT2D eigenvalue weighted by atomic mass is 32.1. The highest BCUT2D eigenvalue weighted by Crippen LogP contribution is 2.30. The molecule has 9 nitrogen and oxygen atoms in total. The van der Waals surface area contributed by atoms with Gasteiger partial charge in [0.25, 0.3) is 5.56 Å². The van der Waals surface area contributed by atoms with Crippen LogP contribution in [-0.4, -0.2) is 44.6 Å². The summed E-state index contributed by atoms with van der Waals surface area (Å²) >= 11 is 1.34. The number of aryl methyl sites for hydroxylation is 1. The molecule has 1 aromatic carbocycles. The molecule has 10 heteroatoms. The maximum atomic E-state index is 13.3. The third-order valence-corrected chi connectivity index (χ3v) is 7.69. The first-order valence-corrected chi connectivity index (χ1v) is 12.8. The van der Waals surface area contributed by atoms with E-state index >= 15 is 0 Å². The van der Waals surface area contributed by atoms with Crippen LogP contribution < -0.4 is 15.8 Å². The number of piperidine rings is 1. The van der Waals surface area contributed by atoms with Gasteiger partial charge in [-0.1, -0.05) is 29.5 Å². The number of nitrogens with one attached hydrogen (secondary N) is 1. The summed E-state index contributed by atoms with van der Waals surface area (Å²) in [6, 6.07) is 10.0. The molecular weight excluding hydrogens is 464 g/mol. The number of amides is 1. The van der Waals surface area contributed by atoms with E-state index in [9.17, 15) is 9.59 Å². The smallest absolute Gasteiger partial charge is 0.273 e. The largest absolute Gasteiger partial charge is 0.441 e. The average molecular weight is 491 g/mol. The molecule has 6 rings (SSSR count). The molecule has 4 aromatic rings. The van der Waals surface area contributed by atoms with Gasteiger partial charge in [-0.3, -0.25) is 14.2 Å². The number of rotatable bonds is 6. The maximum absolute atomic E-state index is 13.3. The molecule has 4 heterocycles. The highest BCUT2D eigenvalue weighted by molar-refractivity contribution is 7.22. The van der Waals surface area contributed by atoms with Crippen molar-refractivity contribution in [3.8, 4) is 11.5 Å². The number of thiazole rings is 1. The number of anilines is 1. The van der Waals surface area contributed by atoms with Gasteiger partial charge >= 0.3 is 0 Å². The number of nitrogens with zero attached hydrogens (tertiary/aromatic N) is 5. The van der Waals surface area contributed by atoms with Crippen LogP contribution in [0.2, 0.25) is 0 Å². The van der Waals surface area contributed by atoms with Gasteiger partial charge in [-0.15, -0.1) is 0 Å². The fourth-order valence-electron chi connectivity index (χ4n) is 4.43. The van der Waals surface area contributed by atoms with Crippen molar-refractivity contribution in [3.63, 3.8) is 0 Å². The topological polar surface area (TPSA) is 106 Å². The number of hydrogen-bond acceptors (Lipinski definition) is 8. The minimum atomic E-state index is -0.151. The first-order chi connectivity index (χ1) is 17.0. The van der Waals surface area contributed by atoms with Crippen LogP contribution in [0.4, 0.5) is 5.13 Å². The van der Waals surface area contributed by atoms with Crippen LogP contribution in [0.15, 0.2) is 45.9 Å². The fourth-order valence-corrected chi connectivity index (χ4v) is 5.44. The second-order valence-electron chi connectivity index (χ2n) is 9.28. The molecule has 0 bridgehead atoms. The fraction of sp³-hybridized carbons (Fsp3) is 0.400. The third kappa shape index (κ3) is 4.45. The zero-order valence-corrected chi connectivity index (χ0v) is 20.3. The van der Waals surface area contributed by atoms with Crippen LogP contribution in [0.1, 0.15) is 37.1 Å². The number of benzene rings is 1. The standard InChI is InChI=1S/C25H26N6O3S/c1-15-19(28-23(34-15)16-6-3-2-4-7-16)13-31-14-26-21-20(24(31)33)35-25(29-21)30-11-5-8-17(12-30)22(32)27-18-9-10-18/h2-4,6-7,14,17-18H,5,8-13H2,1H3,(H,27,32). The molecule has 1 unspecified atom stereocenters. The summed E-state index contributed by atoms with van der Waals surface area (Å²) in [4.78, 5) is 41.6. The summed E-state index contributed by atoms with van der Waals surface area (Å²) < 4.78 is 7.90. The van der Waals surface area contributed by atoms with Crippen molar-refractivity contribution in [1.82, 2.24) is 24.8 Å². The van der Waals surface area contributed by atoms with Crippen molar-refractivity contribution in [2.24, 2.45) is 5.92 Å². The molecule has 1 aliphatic heterocycles. The molecule has 0 spiro atoms. The third-order valence-electron chi connectivity index (χ3n) is 6.59. The van der Waals surface area contributed by atoms with Crippen molar-refractivity contribution in [1.29, 1.82) is 0 Å². The Balaban J connectivity index is 1.23. The lowest BCUT2D eigenvalue weighted by atomic mass is 9.97. The molecule has 1 atom stereocenters. The maximum Gasteiger partial charge on any atom is 0.273 e. The van der Waals surface area contributed by atoms with Crippen LogP contribution in [0.25, 0.3) is 21.8 Å². The van der Waals surface area contributed by atoms with Crippen LogP contribution >= 0.6 is 11.3 Å². The predicted octanol–water partition coefficient (Wildman–Crippen LogP) is 3.36. The van der Waals surface area contributed by atoms with E-state index in [-0.39, 0.29) is 23.9 Å². The molecule has 2 fully saturated rings. The molecule has 2 aliphatic rings. The summed E-state index contributed by atoms with van der Waals surface area (Å²) in [6.45, 7) is 3.56. The molecule has 35 heavy (non-hydrogen) atoms. The normalized spacial score (nSPS) is 18.2. The van der Waals surface area contributed by atoms with Crippen molar-refractivity contribution in [2.75, 3.05) is 18.0 Å². The van der Waals surface area contributed by atoms with E-state index in [1.807, 2.05) is 37.3 Å². The van der Waals surface area contributed by atoms with Crippen LogP contribution in [0.5, 0.6) is 0 Å². The molecule has 1 saturated heterocycles. The lowest BCUT2D eigenvalue weighted by Crippen LogP contribution is -2.43. The molecule has 180 valence electrons. The average Bonchev–Trinajstić information content (AvgIpc) is 3.46. The first-order valence-electron chi connectivity index (χ1n) is 12.0.